The summed E-state index contributed by atoms with van der Waals surface area (Å²) in [5, 5.41) is 5.36. The van der Waals surface area contributed by atoms with Crippen LogP contribution in [0.5, 0.6) is 0 Å². The average Bonchev–Trinajstić information content (AvgIpc) is 3.05. The predicted octanol–water partition coefficient (Wildman–Crippen LogP) is 3.65. The Morgan fingerprint density at radius 2 is 1.96 bits per heavy atom. The molecule has 0 fully saturated rings. The Labute approximate surface area is 146 Å². The van der Waals surface area contributed by atoms with Gasteiger partial charge in [0.15, 0.2) is 5.11 Å². The fourth-order valence-electron chi connectivity index (χ4n) is 2.04. The number of hydrogen-bond acceptors (Lipinski definition) is 3. The van der Waals surface area contributed by atoms with Crippen LogP contribution in [0.2, 0.25) is 0 Å². The van der Waals surface area contributed by atoms with Crippen molar-refractivity contribution in [3.8, 4) is 0 Å². The zero-order valence-electron chi connectivity index (χ0n) is 13.1. The SMILES string of the molecule is CCCCc1ccc(NC(=S)NNC(=O)Cc2cccs2)cc1. The summed E-state index contributed by atoms with van der Waals surface area (Å²) in [6.45, 7) is 2.19. The molecule has 1 aromatic carbocycles. The fourth-order valence-corrected chi connectivity index (χ4v) is 2.91. The molecular formula is C17H21N3OS2. The van der Waals surface area contributed by atoms with Gasteiger partial charge in [0.25, 0.3) is 0 Å². The van der Waals surface area contributed by atoms with Gasteiger partial charge < -0.3 is 5.32 Å². The van der Waals surface area contributed by atoms with Crippen molar-refractivity contribution in [2.75, 3.05) is 5.32 Å². The summed E-state index contributed by atoms with van der Waals surface area (Å²) in [5.41, 5.74) is 7.53. The summed E-state index contributed by atoms with van der Waals surface area (Å²) in [5.74, 6) is -0.119. The van der Waals surface area contributed by atoms with E-state index in [-0.39, 0.29) is 5.91 Å². The van der Waals surface area contributed by atoms with Crippen molar-refractivity contribution >= 4 is 40.3 Å². The number of anilines is 1. The average molecular weight is 348 g/mol. The molecule has 1 amide bonds. The van der Waals surface area contributed by atoms with Crippen LogP contribution >= 0.6 is 23.6 Å². The number of hydrogen-bond donors (Lipinski definition) is 3. The number of benzene rings is 1. The van der Waals surface area contributed by atoms with Crippen molar-refractivity contribution in [1.82, 2.24) is 10.9 Å². The van der Waals surface area contributed by atoms with Crippen molar-refractivity contribution in [3.63, 3.8) is 0 Å². The van der Waals surface area contributed by atoms with E-state index in [1.165, 1.54) is 18.4 Å². The smallest absolute Gasteiger partial charge is 0.243 e. The second-order valence-electron chi connectivity index (χ2n) is 5.18. The summed E-state index contributed by atoms with van der Waals surface area (Å²) in [4.78, 5) is 12.8. The van der Waals surface area contributed by atoms with Gasteiger partial charge in [-0.25, -0.2) is 0 Å². The van der Waals surface area contributed by atoms with E-state index in [1.807, 2.05) is 29.6 Å². The van der Waals surface area contributed by atoms with Crippen LogP contribution in [0.4, 0.5) is 5.69 Å². The van der Waals surface area contributed by atoms with Gasteiger partial charge in [0.1, 0.15) is 0 Å². The van der Waals surface area contributed by atoms with Crippen LogP contribution in [0.1, 0.15) is 30.2 Å². The van der Waals surface area contributed by atoms with E-state index >= 15 is 0 Å². The van der Waals surface area contributed by atoms with E-state index in [4.69, 9.17) is 12.2 Å². The highest BCUT2D eigenvalue weighted by Crippen LogP contribution is 2.11. The summed E-state index contributed by atoms with van der Waals surface area (Å²) in [7, 11) is 0. The van der Waals surface area contributed by atoms with Crippen molar-refractivity contribution in [1.29, 1.82) is 0 Å². The molecule has 0 aliphatic rings. The lowest BCUT2D eigenvalue weighted by molar-refractivity contribution is -0.120. The molecule has 0 saturated carbocycles. The molecule has 0 aliphatic heterocycles. The first-order chi connectivity index (χ1) is 11.2. The van der Waals surface area contributed by atoms with E-state index in [0.717, 1.165) is 17.0 Å². The first-order valence-electron chi connectivity index (χ1n) is 7.64. The first-order valence-corrected chi connectivity index (χ1v) is 8.93. The largest absolute Gasteiger partial charge is 0.331 e. The van der Waals surface area contributed by atoms with Crippen molar-refractivity contribution < 1.29 is 4.79 Å². The Kier molecular flexibility index (Phi) is 7.03. The Hall–Kier alpha value is -1.92. The zero-order chi connectivity index (χ0) is 16.5. The quantitative estimate of drug-likeness (QED) is 0.551. The van der Waals surface area contributed by atoms with Gasteiger partial charge in [-0.05, 0) is 54.2 Å². The normalized spacial score (nSPS) is 10.1. The van der Waals surface area contributed by atoms with Crippen molar-refractivity contribution in [3.05, 3.63) is 52.2 Å². The third-order valence-electron chi connectivity index (χ3n) is 3.26. The minimum absolute atomic E-state index is 0.119. The third-order valence-corrected chi connectivity index (χ3v) is 4.34. The summed E-state index contributed by atoms with van der Waals surface area (Å²) >= 11 is 6.73. The highest BCUT2D eigenvalue weighted by atomic mass is 32.1. The van der Waals surface area contributed by atoms with E-state index in [2.05, 4.69) is 35.2 Å². The van der Waals surface area contributed by atoms with Crippen LogP contribution in [-0.2, 0) is 17.6 Å². The molecule has 6 heteroatoms. The molecule has 23 heavy (non-hydrogen) atoms. The molecule has 0 radical (unpaired) electrons. The van der Waals surface area contributed by atoms with Gasteiger partial charge >= 0.3 is 0 Å². The van der Waals surface area contributed by atoms with Gasteiger partial charge in [-0.1, -0.05) is 31.5 Å². The van der Waals surface area contributed by atoms with E-state index in [0.29, 0.717) is 11.5 Å². The number of hydrazine groups is 1. The molecule has 2 aromatic rings. The molecule has 0 aliphatic carbocycles. The minimum atomic E-state index is -0.119. The number of nitrogens with one attached hydrogen (secondary N) is 3. The second-order valence-corrected chi connectivity index (χ2v) is 6.62. The maximum Gasteiger partial charge on any atom is 0.243 e. The van der Waals surface area contributed by atoms with Crippen LogP contribution in [0.3, 0.4) is 0 Å². The van der Waals surface area contributed by atoms with E-state index < -0.39 is 0 Å². The Bertz CT molecular complexity index is 624. The summed E-state index contributed by atoms with van der Waals surface area (Å²) in [6, 6.07) is 12.0. The number of unbranched alkanes of at least 4 members (excludes halogenated alkanes) is 1. The van der Waals surface area contributed by atoms with Crippen molar-refractivity contribution in [2.45, 2.75) is 32.6 Å². The van der Waals surface area contributed by atoms with Crippen LogP contribution in [-0.4, -0.2) is 11.0 Å². The Morgan fingerprint density at radius 3 is 2.61 bits per heavy atom. The third kappa shape index (κ3) is 6.38. The van der Waals surface area contributed by atoms with Gasteiger partial charge in [-0.15, -0.1) is 11.3 Å². The summed E-state index contributed by atoms with van der Waals surface area (Å²) < 4.78 is 0. The molecule has 0 spiro atoms. The highest BCUT2D eigenvalue weighted by Gasteiger charge is 2.04. The number of carbonyl (C=O) groups is 1. The lowest BCUT2D eigenvalue weighted by Crippen LogP contribution is -2.44. The van der Waals surface area contributed by atoms with E-state index in [1.54, 1.807) is 11.3 Å². The number of amides is 1. The lowest BCUT2D eigenvalue weighted by atomic mass is 10.1. The van der Waals surface area contributed by atoms with Crippen LogP contribution in [0.15, 0.2) is 41.8 Å². The topological polar surface area (TPSA) is 53.2 Å². The highest BCUT2D eigenvalue weighted by molar-refractivity contribution is 7.80. The molecule has 122 valence electrons. The molecule has 1 aromatic heterocycles. The van der Waals surface area contributed by atoms with Crippen LogP contribution < -0.4 is 16.2 Å². The molecule has 0 atom stereocenters. The maximum atomic E-state index is 11.8. The van der Waals surface area contributed by atoms with Gasteiger partial charge in [-0.2, -0.15) is 0 Å². The monoisotopic (exact) mass is 347 g/mol. The second kappa shape index (κ2) is 9.27. The minimum Gasteiger partial charge on any atom is -0.331 e. The molecule has 3 N–H and O–H groups in total. The number of aryl methyl sites for hydroxylation is 1. The fraction of sp³-hybridized carbons (Fsp3) is 0.294. The molecule has 0 bridgehead atoms. The molecule has 0 unspecified atom stereocenters. The number of thiophene rings is 1. The predicted molar refractivity (Wildman–Crippen MR) is 101 cm³/mol. The van der Waals surface area contributed by atoms with Gasteiger partial charge in [0, 0.05) is 10.6 Å². The van der Waals surface area contributed by atoms with Gasteiger partial charge in [0.2, 0.25) is 5.91 Å². The molecule has 2 rings (SSSR count). The molecular weight excluding hydrogens is 326 g/mol. The maximum absolute atomic E-state index is 11.8. The van der Waals surface area contributed by atoms with Gasteiger partial charge in [0.05, 0.1) is 6.42 Å². The summed E-state index contributed by atoms with van der Waals surface area (Å²) in [6.07, 6.45) is 3.83. The number of carbonyl (C=O) groups excluding carboxylic acids is 1. The lowest BCUT2D eigenvalue weighted by Gasteiger charge is -2.11. The van der Waals surface area contributed by atoms with Crippen LogP contribution in [0.25, 0.3) is 0 Å². The molecule has 1 heterocycles. The first kappa shape index (κ1) is 17.4. The van der Waals surface area contributed by atoms with E-state index in [9.17, 15) is 4.79 Å². The molecule has 0 saturated heterocycles. The Morgan fingerprint density at radius 1 is 1.17 bits per heavy atom. The molecule has 4 nitrogen and oxygen atoms in total. The number of thiocarbonyl (C=S) groups is 1. The van der Waals surface area contributed by atoms with Crippen molar-refractivity contribution in [2.24, 2.45) is 0 Å². The Balaban J connectivity index is 1.72. The standard InChI is InChI=1S/C17H21N3OS2/c1-2-3-5-13-7-9-14(10-8-13)18-17(22)20-19-16(21)12-15-6-4-11-23-15/h4,6-11H,2-3,5,12H2,1H3,(H,19,21)(H2,18,20,22). The number of rotatable bonds is 6. The van der Waals surface area contributed by atoms with Gasteiger partial charge in [-0.3, -0.25) is 15.6 Å². The van der Waals surface area contributed by atoms with Crippen LogP contribution in [0, 0.1) is 0 Å². The zero-order valence-corrected chi connectivity index (χ0v) is 14.7.